The summed E-state index contributed by atoms with van der Waals surface area (Å²) in [6, 6.07) is 7.95. The standard InChI is InChI=1S/C14H21NO2/c1-9(2)12-7-5-6-8-13(12)15-11(4)10(3)14(16)17/h5-11,15H,1-4H3,(H,16,17). The molecule has 3 nitrogen and oxygen atoms in total. The summed E-state index contributed by atoms with van der Waals surface area (Å²) in [6.07, 6.45) is 0. The van der Waals surface area contributed by atoms with Gasteiger partial charge in [0.2, 0.25) is 0 Å². The SMILES string of the molecule is CC(C)c1ccccc1NC(C)C(C)C(=O)O. The maximum absolute atomic E-state index is 10.9. The average molecular weight is 235 g/mol. The molecule has 1 aromatic carbocycles. The van der Waals surface area contributed by atoms with Crippen LogP contribution in [0.5, 0.6) is 0 Å². The molecule has 2 atom stereocenters. The lowest BCUT2D eigenvalue weighted by Gasteiger charge is -2.22. The first-order chi connectivity index (χ1) is 7.93. The zero-order chi connectivity index (χ0) is 13.0. The fraction of sp³-hybridized carbons (Fsp3) is 0.500. The number of carboxylic acid groups (broad SMARTS) is 1. The maximum Gasteiger partial charge on any atom is 0.308 e. The molecule has 1 aromatic rings. The summed E-state index contributed by atoms with van der Waals surface area (Å²) in [7, 11) is 0. The van der Waals surface area contributed by atoms with E-state index < -0.39 is 11.9 Å². The molecule has 0 aromatic heterocycles. The van der Waals surface area contributed by atoms with Gasteiger partial charge in [-0.05, 0) is 31.4 Å². The molecule has 2 unspecified atom stereocenters. The number of anilines is 1. The van der Waals surface area contributed by atoms with Crippen LogP contribution in [0.1, 0.15) is 39.2 Å². The summed E-state index contributed by atoms with van der Waals surface area (Å²) in [5, 5.41) is 12.3. The Morgan fingerprint density at radius 1 is 1.18 bits per heavy atom. The Morgan fingerprint density at radius 3 is 2.29 bits per heavy atom. The maximum atomic E-state index is 10.9. The second kappa shape index (κ2) is 5.71. The minimum atomic E-state index is -0.771. The number of hydrogen-bond donors (Lipinski definition) is 2. The molecule has 0 saturated heterocycles. The Bertz CT molecular complexity index is 388. The van der Waals surface area contributed by atoms with Crippen molar-refractivity contribution in [2.75, 3.05) is 5.32 Å². The quantitative estimate of drug-likeness (QED) is 0.823. The Balaban J connectivity index is 2.84. The first kappa shape index (κ1) is 13.6. The molecular weight excluding hydrogens is 214 g/mol. The van der Waals surface area contributed by atoms with Crippen LogP contribution in [0.3, 0.4) is 0 Å². The Morgan fingerprint density at radius 2 is 1.76 bits per heavy atom. The van der Waals surface area contributed by atoms with E-state index in [1.54, 1.807) is 6.92 Å². The van der Waals surface area contributed by atoms with Gasteiger partial charge in [0.05, 0.1) is 5.92 Å². The predicted octanol–water partition coefficient (Wildman–Crippen LogP) is 3.33. The van der Waals surface area contributed by atoms with Gasteiger partial charge >= 0.3 is 5.97 Å². The lowest BCUT2D eigenvalue weighted by molar-refractivity contribution is -0.141. The van der Waals surface area contributed by atoms with Crippen LogP contribution in [-0.4, -0.2) is 17.1 Å². The second-order valence-electron chi connectivity index (χ2n) is 4.80. The second-order valence-corrected chi connectivity index (χ2v) is 4.80. The van der Waals surface area contributed by atoms with Gasteiger partial charge in [0.1, 0.15) is 0 Å². The van der Waals surface area contributed by atoms with E-state index in [-0.39, 0.29) is 6.04 Å². The normalized spacial score (nSPS) is 14.4. The molecule has 17 heavy (non-hydrogen) atoms. The molecule has 0 aliphatic carbocycles. The van der Waals surface area contributed by atoms with E-state index in [1.807, 2.05) is 25.1 Å². The minimum Gasteiger partial charge on any atom is -0.481 e. The van der Waals surface area contributed by atoms with Crippen LogP contribution >= 0.6 is 0 Å². The first-order valence-electron chi connectivity index (χ1n) is 6.01. The summed E-state index contributed by atoms with van der Waals surface area (Å²) in [5.41, 5.74) is 2.25. The molecule has 1 rings (SSSR count). The van der Waals surface area contributed by atoms with Crippen LogP contribution in [0, 0.1) is 5.92 Å². The van der Waals surface area contributed by atoms with Crippen LogP contribution in [0.15, 0.2) is 24.3 Å². The summed E-state index contributed by atoms with van der Waals surface area (Å²) in [5.74, 6) is -0.756. The van der Waals surface area contributed by atoms with Crippen molar-refractivity contribution in [3.63, 3.8) is 0 Å². The molecule has 0 heterocycles. The highest BCUT2D eigenvalue weighted by atomic mass is 16.4. The molecule has 0 aliphatic heterocycles. The van der Waals surface area contributed by atoms with Crippen molar-refractivity contribution in [1.82, 2.24) is 0 Å². The van der Waals surface area contributed by atoms with Gasteiger partial charge < -0.3 is 10.4 Å². The summed E-state index contributed by atoms with van der Waals surface area (Å²) in [4.78, 5) is 10.9. The van der Waals surface area contributed by atoms with Crippen molar-refractivity contribution < 1.29 is 9.90 Å². The molecule has 0 radical (unpaired) electrons. The predicted molar refractivity (Wildman–Crippen MR) is 70.4 cm³/mol. The largest absolute Gasteiger partial charge is 0.481 e. The van der Waals surface area contributed by atoms with Crippen molar-refractivity contribution in [1.29, 1.82) is 0 Å². The molecule has 0 aliphatic rings. The van der Waals surface area contributed by atoms with Gasteiger partial charge in [0, 0.05) is 11.7 Å². The number of hydrogen-bond acceptors (Lipinski definition) is 2. The van der Waals surface area contributed by atoms with Crippen molar-refractivity contribution in [2.45, 2.75) is 39.7 Å². The minimum absolute atomic E-state index is 0.0904. The van der Waals surface area contributed by atoms with E-state index >= 15 is 0 Å². The lowest BCUT2D eigenvalue weighted by Crippen LogP contribution is -2.30. The molecule has 3 heteroatoms. The van der Waals surface area contributed by atoms with E-state index in [0.717, 1.165) is 5.69 Å². The molecule has 94 valence electrons. The Kier molecular flexibility index (Phi) is 4.55. The van der Waals surface area contributed by atoms with Crippen LogP contribution in [0.25, 0.3) is 0 Å². The molecule has 0 bridgehead atoms. The molecule has 0 saturated carbocycles. The number of para-hydroxylation sites is 1. The third-order valence-corrected chi connectivity index (χ3v) is 3.11. The summed E-state index contributed by atoms with van der Waals surface area (Å²) in [6.45, 7) is 7.88. The van der Waals surface area contributed by atoms with Crippen molar-refractivity contribution >= 4 is 11.7 Å². The van der Waals surface area contributed by atoms with Gasteiger partial charge in [0.25, 0.3) is 0 Å². The Hall–Kier alpha value is -1.51. The number of benzene rings is 1. The highest BCUT2D eigenvalue weighted by Gasteiger charge is 2.20. The van der Waals surface area contributed by atoms with E-state index in [4.69, 9.17) is 5.11 Å². The van der Waals surface area contributed by atoms with Crippen LogP contribution in [0.4, 0.5) is 5.69 Å². The number of rotatable bonds is 5. The third-order valence-electron chi connectivity index (χ3n) is 3.11. The molecule has 0 fully saturated rings. The van der Waals surface area contributed by atoms with Gasteiger partial charge in [-0.1, -0.05) is 32.0 Å². The third kappa shape index (κ3) is 3.48. The fourth-order valence-corrected chi connectivity index (χ4v) is 1.72. The van der Waals surface area contributed by atoms with Crippen molar-refractivity contribution in [3.8, 4) is 0 Å². The van der Waals surface area contributed by atoms with Crippen LogP contribution < -0.4 is 5.32 Å². The first-order valence-corrected chi connectivity index (χ1v) is 6.01. The van der Waals surface area contributed by atoms with E-state index in [1.165, 1.54) is 5.56 Å². The van der Waals surface area contributed by atoms with Crippen LogP contribution in [-0.2, 0) is 4.79 Å². The van der Waals surface area contributed by atoms with E-state index in [2.05, 4.69) is 25.2 Å². The molecule has 0 spiro atoms. The van der Waals surface area contributed by atoms with E-state index in [9.17, 15) is 4.79 Å². The number of aliphatic carboxylic acids is 1. The van der Waals surface area contributed by atoms with Gasteiger partial charge in [-0.2, -0.15) is 0 Å². The molecule has 0 amide bonds. The molecular formula is C14H21NO2. The van der Waals surface area contributed by atoms with Gasteiger partial charge in [-0.3, -0.25) is 4.79 Å². The number of carbonyl (C=O) groups is 1. The smallest absolute Gasteiger partial charge is 0.308 e. The van der Waals surface area contributed by atoms with Crippen molar-refractivity contribution in [2.24, 2.45) is 5.92 Å². The zero-order valence-corrected chi connectivity index (χ0v) is 10.9. The number of carboxylic acids is 1. The zero-order valence-electron chi connectivity index (χ0n) is 10.9. The topological polar surface area (TPSA) is 49.3 Å². The van der Waals surface area contributed by atoms with Gasteiger partial charge in [-0.15, -0.1) is 0 Å². The highest BCUT2D eigenvalue weighted by molar-refractivity contribution is 5.71. The highest BCUT2D eigenvalue weighted by Crippen LogP contribution is 2.25. The summed E-state index contributed by atoms with van der Waals surface area (Å²) >= 11 is 0. The monoisotopic (exact) mass is 235 g/mol. The number of nitrogens with one attached hydrogen (secondary N) is 1. The van der Waals surface area contributed by atoms with E-state index in [0.29, 0.717) is 5.92 Å². The lowest BCUT2D eigenvalue weighted by atomic mass is 9.99. The van der Waals surface area contributed by atoms with Crippen LogP contribution in [0.2, 0.25) is 0 Å². The van der Waals surface area contributed by atoms with Crippen molar-refractivity contribution in [3.05, 3.63) is 29.8 Å². The van der Waals surface area contributed by atoms with Gasteiger partial charge in [0.15, 0.2) is 0 Å². The Labute approximate surface area is 103 Å². The molecule has 2 N–H and O–H groups in total. The summed E-state index contributed by atoms with van der Waals surface area (Å²) < 4.78 is 0. The fourth-order valence-electron chi connectivity index (χ4n) is 1.72. The average Bonchev–Trinajstić information content (AvgIpc) is 2.28. The van der Waals surface area contributed by atoms with Gasteiger partial charge in [-0.25, -0.2) is 0 Å².